The number of para-hydroxylation sites is 1. The molecule has 0 atom stereocenters. The van der Waals surface area contributed by atoms with Gasteiger partial charge in [0.05, 0.1) is 20.4 Å². The van der Waals surface area contributed by atoms with Gasteiger partial charge in [0.25, 0.3) is 10.1 Å². The summed E-state index contributed by atoms with van der Waals surface area (Å²) in [5.41, 5.74) is 5.68. The van der Waals surface area contributed by atoms with Crippen molar-refractivity contribution in [3.05, 3.63) is 48.5 Å². The number of hydrogen-bond acceptors (Lipinski definition) is 5. The first-order valence-corrected chi connectivity index (χ1v) is 8.32. The molecule has 0 aliphatic heterocycles. The second-order valence-corrected chi connectivity index (χ2v) is 7.33. The monoisotopic (exact) mass is 313 g/mol. The van der Waals surface area contributed by atoms with E-state index >= 15 is 0 Å². The molecule has 0 unspecified atom stereocenters. The Morgan fingerprint density at radius 2 is 1.45 bits per heavy atom. The number of hydrogen-bond donors (Lipinski definition) is 2. The molecular weight excluding hydrogens is 302 g/mol. The lowest BCUT2D eigenvalue weighted by Gasteiger charge is -2.08. The average Bonchev–Trinajstić information content (AvgIpc) is 2.38. The van der Waals surface area contributed by atoms with Crippen molar-refractivity contribution in [3.63, 3.8) is 0 Å². The van der Waals surface area contributed by atoms with Crippen molar-refractivity contribution in [2.75, 3.05) is 5.73 Å². The first kappa shape index (κ1) is 14.5. The van der Waals surface area contributed by atoms with Gasteiger partial charge in [0.15, 0.2) is 0 Å². The van der Waals surface area contributed by atoms with Crippen LogP contribution in [-0.4, -0.2) is 21.4 Å². The smallest absolute Gasteiger partial charge is 0.294 e. The van der Waals surface area contributed by atoms with Crippen molar-refractivity contribution in [2.24, 2.45) is 0 Å². The molecule has 0 saturated carbocycles. The maximum atomic E-state index is 12.4. The highest BCUT2D eigenvalue weighted by Crippen LogP contribution is 2.26. The molecule has 0 saturated heterocycles. The highest BCUT2D eigenvalue weighted by molar-refractivity contribution is 7.91. The first-order valence-electron chi connectivity index (χ1n) is 5.40. The van der Waals surface area contributed by atoms with E-state index in [1.54, 1.807) is 6.07 Å². The lowest BCUT2D eigenvalue weighted by Crippen LogP contribution is -2.07. The van der Waals surface area contributed by atoms with Crippen LogP contribution in [0.2, 0.25) is 0 Å². The van der Waals surface area contributed by atoms with Gasteiger partial charge in [0, 0.05) is 0 Å². The number of anilines is 1. The van der Waals surface area contributed by atoms with E-state index in [-0.39, 0.29) is 15.5 Å². The lowest BCUT2D eigenvalue weighted by molar-refractivity contribution is 0.483. The van der Waals surface area contributed by atoms with E-state index in [0.717, 1.165) is 12.1 Å². The van der Waals surface area contributed by atoms with Crippen LogP contribution in [0, 0.1) is 0 Å². The van der Waals surface area contributed by atoms with Crippen molar-refractivity contribution in [2.45, 2.75) is 14.7 Å². The van der Waals surface area contributed by atoms with Gasteiger partial charge in [-0.05, 0) is 30.3 Å². The molecule has 0 radical (unpaired) electrons. The van der Waals surface area contributed by atoms with Gasteiger partial charge in [-0.2, -0.15) is 8.42 Å². The van der Waals surface area contributed by atoms with Gasteiger partial charge in [-0.25, -0.2) is 8.42 Å². The van der Waals surface area contributed by atoms with Crippen molar-refractivity contribution < 1.29 is 21.4 Å². The van der Waals surface area contributed by atoms with Crippen LogP contribution in [0.4, 0.5) is 5.69 Å². The molecule has 2 aromatic rings. The maximum Gasteiger partial charge on any atom is 0.294 e. The Hall–Kier alpha value is -1.90. The molecule has 6 nitrogen and oxygen atoms in total. The first-order chi connectivity index (χ1) is 9.23. The molecule has 0 aromatic heterocycles. The van der Waals surface area contributed by atoms with E-state index < -0.39 is 24.9 Å². The molecule has 2 aromatic carbocycles. The van der Waals surface area contributed by atoms with E-state index in [4.69, 9.17) is 10.3 Å². The Morgan fingerprint density at radius 3 is 2.05 bits per heavy atom. The second-order valence-electron chi connectivity index (χ2n) is 3.99. The van der Waals surface area contributed by atoms with Gasteiger partial charge in [-0.3, -0.25) is 4.55 Å². The van der Waals surface area contributed by atoms with Crippen LogP contribution < -0.4 is 5.73 Å². The van der Waals surface area contributed by atoms with Crippen molar-refractivity contribution in [3.8, 4) is 0 Å². The number of rotatable bonds is 3. The number of benzene rings is 2. The second kappa shape index (κ2) is 4.89. The van der Waals surface area contributed by atoms with Crippen LogP contribution in [0.5, 0.6) is 0 Å². The summed E-state index contributed by atoms with van der Waals surface area (Å²) in [6.45, 7) is 0. The predicted molar refractivity (Wildman–Crippen MR) is 72.6 cm³/mol. The summed E-state index contributed by atoms with van der Waals surface area (Å²) in [4.78, 5) is -0.869. The number of sulfone groups is 1. The fraction of sp³-hybridized carbons (Fsp3) is 0. The minimum Gasteiger partial charge on any atom is -0.398 e. The van der Waals surface area contributed by atoms with Crippen molar-refractivity contribution >= 4 is 25.6 Å². The van der Waals surface area contributed by atoms with Gasteiger partial charge < -0.3 is 5.73 Å². The van der Waals surface area contributed by atoms with Crippen molar-refractivity contribution in [1.82, 2.24) is 0 Å². The zero-order chi connectivity index (χ0) is 15.0. The van der Waals surface area contributed by atoms with Crippen LogP contribution in [0.25, 0.3) is 0 Å². The maximum absolute atomic E-state index is 12.4. The predicted octanol–water partition coefficient (Wildman–Crippen LogP) is 1.35. The topological polar surface area (TPSA) is 115 Å². The molecule has 20 heavy (non-hydrogen) atoms. The fourth-order valence-electron chi connectivity index (χ4n) is 1.65. The third-order valence-corrected chi connectivity index (χ3v) is 5.30. The summed E-state index contributed by atoms with van der Waals surface area (Å²) in [7, 11) is -8.43. The van der Waals surface area contributed by atoms with Gasteiger partial charge in [0.2, 0.25) is 9.84 Å². The average molecular weight is 313 g/mol. The molecule has 2 rings (SSSR count). The summed E-state index contributed by atoms with van der Waals surface area (Å²) in [5.74, 6) is 0. The van der Waals surface area contributed by atoms with E-state index in [1.165, 1.54) is 30.3 Å². The van der Waals surface area contributed by atoms with E-state index in [2.05, 4.69) is 0 Å². The van der Waals surface area contributed by atoms with E-state index in [1.807, 2.05) is 0 Å². The third-order valence-electron chi connectivity index (χ3n) is 2.62. The van der Waals surface area contributed by atoms with Gasteiger partial charge in [0.1, 0.15) is 0 Å². The SMILES string of the molecule is Nc1ccccc1S(=O)(=O)c1cccc(S(=O)(=O)O)c1. The summed E-state index contributed by atoms with van der Waals surface area (Å²) in [5, 5.41) is 0. The molecule has 0 aliphatic rings. The quantitative estimate of drug-likeness (QED) is 0.653. The Bertz CT molecular complexity index is 857. The number of nitrogens with two attached hydrogens (primary N) is 1. The largest absolute Gasteiger partial charge is 0.398 e. The molecule has 106 valence electrons. The molecule has 0 spiro atoms. The molecule has 0 amide bonds. The molecule has 8 heteroatoms. The van der Waals surface area contributed by atoms with Crippen LogP contribution in [0.1, 0.15) is 0 Å². The Labute approximate surface area is 116 Å². The molecular formula is C12H11NO5S2. The standard InChI is InChI=1S/C12H11NO5S2/c13-11-6-1-2-7-12(11)19(14,15)9-4-3-5-10(8-9)20(16,17)18/h1-8H,13H2,(H,16,17,18). The molecule has 0 aliphatic carbocycles. The summed E-state index contributed by atoms with van der Waals surface area (Å²) >= 11 is 0. The molecule has 0 bridgehead atoms. The summed E-state index contributed by atoms with van der Waals surface area (Å²) in [6, 6.07) is 10.3. The highest BCUT2D eigenvalue weighted by Gasteiger charge is 2.22. The Kier molecular flexibility index (Phi) is 3.55. The Balaban J connectivity index is 2.65. The summed E-state index contributed by atoms with van der Waals surface area (Å²) in [6.07, 6.45) is 0. The molecule has 0 fully saturated rings. The van der Waals surface area contributed by atoms with Crippen LogP contribution in [0.3, 0.4) is 0 Å². The normalized spacial score (nSPS) is 12.2. The van der Waals surface area contributed by atoms with Crippen LogP contribution >= 0.6 is 0 Å². The van der Waals surface area contributed by atoms with Gasteiger partial charge >= 0.3 is 0 Å². The lowest BCUT2D eigenvalue weighted by atomic mass is 10.3. The van der Waals surface area contributed by atoms with Crippen LogP contribution in [0.15, 0.2) is 63.2 Å². The Morgan fingerprint density at radius 1 is 0.850 bits per heavy atom. The van der Waals surface area contributed by atoms with Crippen LogP contribution in [-0.2, 0) is 20.0 Å². The highest BCUT2D eigenvalue weighted by atomic mass is 32.2. The fourth-order valence-corrected chi connectivity index (χ4v) is 3.68. The zero-order valence-corrected chi connectivity index (χ0v) is 11.7. The van der Waals surface area contributed by atoms with E-state index in [9.17, 15) is 16.8 Å². The minimum atomic E-state index is -4.47. The number of nitrogen functional groups attached to an aromatic ring is 1. The summed E-state index contributed by atoms with van der Waals surface area (Å²) < 4.78 is 55.8. The van der Waals surface area contributed by atoms with E-state index in [0.29, 0.717) is 0 Å². The van der Waals surface area contributed by atoms with Gasteiger partial charge in [-0.15, -0.1) is 0 Å². The minimum absolute atomic E-state index is 0.0600. The molecule has 0 heterocycles. The molecule has 3 N–H and O–H groups in total. The zero-order valence-electron chi connectivity index (χ0n) is 10.1. The third kappa shape index (κ3) is 2.67. The van der Waals surface area contributed by atoms with Crippen molar-refractivity contribution in [1.29, 1.82) is 0 Å². The van der Waals surface area contributed by atoms with Gasteiger partial charge in [-0.1, -0.05) is 18.2 Å².